The van der Waals surface area contributed by atoms with Crippen LogP contribution in [0.5, 0.6) is 0 Å². The third kappa shape index (κ3) is 2.35. The van der Waals surface area contributed by atoms with Crippen molar-refractivity contribution in [3.05, 3.63) is 54.6 Å². The van der Waals surface area contributed by atoms with Gasteiger partial charge in [-0.3, -0.25) is 4.99 Å². The molecule has 0 aliphatic carbocycles. The second-order valence-electron chi connectivity index (χ2n) is 4.02. The SMILES string of the molecule is CN=C(N)N(C)c1ccccc1-c1ccccc1. The highest BCUT2D eigenvalue weighted by atomic mass is 15.2. The van der Waals surface area contributed by atoms with Crippen molar-refractivity contribution in [2.45, 2.75) is 0 Å². The van der Waals surface area contributed by atoms with Gasteiger partial charge in [0.25, 0.3) is 0 Å². The van der Waals surface area contributed by atoms with Crippen molar-refractivity contribution in [1.82, 2.24) is 0 Å². The van der Waals surface area contributed by atoms with Crippen LogP contribution in [-0.2, 0) is 0 Å². The quantitative estimate of drug-likeness (QED) is 0.646. The summed E-state index contributed by atoms with van der Waals surface area (Å²) in [5, 5.41) is 0. The van der Waals surface area contributed by atoms with E-state index >= 15 is 0 Å². The first-order valence-electron chi connectivity index (χ1n) is 5.84. The van der Waals surface area contributed by atoms with Gasteiger partial charge in [0.2, 0.25) is 0 Å². The number of anilines is 1. The third-order valence-electron chi connectivity index (χ3n) is 2.92. The van der Waals surface area contributed by atoms with E-state index in [-0.39, 0.29) is 0 Å². The number of hydrogen-bond acceptors (Lipinski definition) is 1. The molecule has 2 N–H and O–H groups in total. The van der Waals surface area contributed by atoms with Gasteiger partial charge in [-0.25, -0.2) is 0 Å². The fraction of sp³-hybridized carbons (Fsp3) is 0.133. The Kier molecular flexibility index (Phi) is 3.63. The van der Waals surface area contributed by atoms with Crippen molar-refractivity contribution in [2.75, 3.05) is 19.0 Å². The highest BCUT2D eigenvalue weighted by Gasteiger charge is 2.10. The summed E-state index contributed by atoms with van der Waals surface area (Å²) in [6.45, 7) is 0. The van der Waals surface area contributed by atoms with E-state index in [1.165, 1.54) is 5.56 Å². The number of benzene rings is 2. The molecule has 0 amide bonds. The molecule has 0 atom stereocenters. The second-order valence-corrected chi connectivity index (χ2v) is 4.02. The van der Waals surface area contributed by atoms with Gasteiger partial charge in [0.05, 0.1) is 5.69 Å². The molecule has 0 unspecified atom stereocenters. The highest BCUT2D eigenvalue weighted by Crippen LogP contribution is 2.29. The van der Waals surface area contributed by atoms with Crippen LogP contribution in [0.4, 0.5) is 5.69 Å². The topological polar surface area (TPSA) is 41.6 Å². The van der Waals surface area contributed by atoms with Gasteiger partial charge in [-0.2, -0.15) is 0 Å². The van der Waals surface area contributed by atoms with E-state index in [9.17, 15) is 0 Å². The molecule has 0 aliphatic rings. The lowest BCUT2D eigenvalue weighted by Crippen LogP contribution is -2.34. The zero-order valence-electron chi connectivity index (χ0n) is 10.7. The van der Waals surface area contributed by atoms with Crippen molar-refractivity contribution in [3.8, 4) is 11.1 Å². The molecule has 0 fully saturated rings. The van der Waals surface area contributed by atoms with Crippen molar-refractivity contribution in [2.24, 2.45) is 10.7 Å². The van der Waals surface area contributed by atoms with Crippen LogP contribution in [0.25, 0.3) is 11.1 Å². The summed E-state index contributed by atoms with van der Waals surface area (Å²) in [5.74, 6) is 0.499. The molecule has 92 valence electrons. The highest BCUT2D eigenvalue weighted by molar-refractivity contribution is 5.98. The smallest absolute Gasteiger partial charge is 0.195 e. The van der Waals surface area contributed by atoms with E-state index in [1.54, 1.807) is 7.05 Å². The molecule has 2 aromatic rings. The molecule has 0 spiro atoms. The summed E-state index contributed by atoms with van der Waals surface area (Å²) >= 11 is 0. The van der Waals surface area contributed by atoms with Gasteiger partial charge in [-0.15, -0.1) is 0 Å². The maximum Gasteiger partial charge on any atom is 0.195 e. The molecule has 18 heavy (non-hydrogen) atoms. The summed E-state index contributed by atoms with van der Waals surface area (Å²) in [5.41, 5.74) is 9.24. The van der Waals surface area contributed by atoms with Crippen molar-refractivity contribution in [1.29, 1.82) is 0 Å². The lowest BCUT2D eigenvalue weighted by molar-refractivity contribution is 1.20. The maximum atomic E-state index is 5.87. The summed E-state index contributed by atoms with van der Waals surface area (Å²) in [4.78, 5) is 5.91. The van der Waals surface area contributed by atoms with E-state index in [4.69, 9.17) is 5.73 Å². The minimum Gasteiger partial charge on any atom is -0.370 e. The van der Waals surface area contributed by atoms with Gasteiger partial charge >= 0.3 is 0 Å². The molecule has 0 saturated carbocycles. The molecular formula is C15H17N3. The average Bonchev–Trinajstić information content (AvgIpc) is 2.46. The number of nitrogens with two attached hydrogens (primary N) is 1. The second kappa shape index (κ2) is 5.36. The van der Waals surface area contributed by atoms with Crippen molar-refractivity contribution in [3.63, 3.8) is 0 Å². The van der Waals surface area contributed by atoms with Crippen LogP contribution in [-0.4, -0.2) is 20.1 Å². The molecule has 3 nitrogen and oxygen atoms in total. The molecule has 2 aromatic carbocycles. The third-order valence-corrected chi connectivity index (χ3v) is 2.92. The average molecular weight is 239 g/mol. The Labute approximate surface area is 108 Å². The van der Waals surface area contributed by atoms with E-state index in [0.717, 1.165) is 11.3 Å². The standard InChI is InChI=1S/C15H17N3/c1-17-15(16)18(2)14-11-7-6-10-13(14)12-8-4-3-5-9-12/h3-11H,1-2H3,(H2,16,17). The number of nitrogens with zero attached hydrogens (tertiary/aromatic N) is 2. The van der Waals surface area contributed by atoms with E-state index in [2.05, 4.69) is 23.2 Å². The Hall–Kier alpha value is -2.29. The first-order chi connectivity index (χ1) is 8.74. The van der Waals surface area contributed by atoms with Crippen LogP contribution in [0.2, 0.25) is 0 Å². The molecule has 0 aromatic heterocycles. The Balaban J connectivity index is 2.50. The van der Waals surface area contributed by atoms with E-state index in [0.29, 0.717) is 5.96 Å². The fourth-order valence-corrected chi connectivity index (χ4v) is 1.90. The van der Waals surface area contributed by atoms with Crippen LogP contribution in [0.1, 0.15) is 0 Å². The number of hydrogen-bond donors (Lipinski definition) is 1. The molecule has 3 heteroatoms. The predicted molar refractivity (Wildman–Crippen MR) is 77.8 cm³/mol. The number of guanidine groups is 1. The van der Waals surface area contributed by atoms with E-state index in [1.807, 2.05) is 48.3 Å². The van der Waals surface area contributed by atoms with Gasteiger partial charge in [-0.1, -0.05) is 48.5 Å². The monoisotopic (exact) mass is 239 g/mol. The van der Waals surface area contributed by atoms with Crippen LogP contribution in [0.15, 0.2) is 59.6 Å². The molecule has 0 aliphatic heterocycles. The van der Waals surface area contributed by atoms with Crippen LogP contribution < -0.4 is 10.6 Å². The summed E-state index contributed by atoms with van der Waals surface area (Å²) < 4.78 is 0. The zero-order valence-corrected chi connectivity index (χ0v) is 10.7. The van der Waals surface area contributed by atoms with Crippen molar-refractivity contribution >= 4 is 11.6 Å². The minimum absolute atomic E-state index is 0.499. The molecule has 0 heterocycles. The number of aliphatic imine (C=N–C) groups is 1. The number of rotatable bonds is 2. The fourth-order valence-electron chi connectivity index (χ4n) is 1.90. The first kappa shape index (κ1) is 12.2. The molecule has 2 rings (SSSR count). The van der Waals surface area contributed by atoms with Gasteiger partial charge < -0.3 is 10.6 Å². The maximum absolute atomic E-state index is 5.87. The summed E-state index contributed by atoms with van der Waals surface area (Å²) in [6.07, 6.45) is 0. The summed E-state index contributed by atoms with van der Waals surface area (Å²) in [6, 6.07) is 18.4. The Morgan fingerprint density at radius 1 is 1.00 bits per heavy atom. The minimum atomic E-state index is 0.499. The Bertz CT molecular complexity index is 547. The van der Waals surface area contributed by atoms with Crippen molar-refractivity contribution < 1.29 is 0 Å². The summed E-state index contributed by atoms with van der Waals surface area (Å²) in [7, 11) is 3.61. The van der Waals surface area contributed by atoms with Gasteiger partial charge in [0.1, 0.15) is 0 Å². The Morgan fingerprint density at radius 3 is 2.28 bits per heavy atom. The predicted octanol–water partition coefficient (Wildman–Crippen LogP) is 2.73. The largest absolute Gasteiger partial charge is 0.370 e. The zero-order chi connectivity index (χ0) is 13.0. The normalized spacial score (nSPS) is 11.3. The first-order valence-corrected chi connectivity index (χ1v) is 5.84. The van der Waals surface area contributed by atoms with Gasteiger partial charge in [-0.05, 0) is 11.6 Å². The lowest BCUT2D eigenvalue weighted by Gasteiger charge is -2.21. The Morgan fingerprint density at radius 2 is 1.61 bits per heavy atom. The van der Waals surface area contributed by atoms with Gasteiger partial charge in [0.15, 0.2) is 5.96 Å². The molecule has 0 saturated heterocycles. The van der Waals surface area contributed by atoms with Crippen LogP contribution >= 0.6 is 0 Å². The lowest BCUT2D eigenvalue weighted by atomic mass is 10.0. The molecule has 0 radical (unpaired) electrons. The van der Waals surface area contributed by atoms with Crippen LogP contribution in [0, 0.1) is 0 Å². The van der Waals surface area contributed by atoms with Crippen LogP contribution in [0.3, 0.4) is 0 Å². The van der Waals surface area contributed by atoms with E-state index < -0.39 is 0 Å². The number of para-hydroxylation sites is 1. The molecule has 0 bridgehead atoms. The molecular weight excluding hydrogens is 222 g/mol. The van der Waals surface area contributed by atoms with Gasteiger partial charge in [0, 0.05) is 19.7 Å².